The summed E-state index contributed by atoms with van der Waals surface area (Å²) in [6.07, 6.45) is 0. The Bertz CT molecular complexity index is 729. The fraction of sp³-hybridized carbons (Fsp3) is 0.125. The van der Waals surface area contributed by atoms with E-state index in [1.165, 1.54) is 31.4 Å². The van der Waals surface area contributed by atoms with Gasteiger partial charge in [-0.2, -0.15) is 5.10 Å². The number of hydrogen-bond donors (Lipinski definition) is 2. The summed E-state index contributed by atoms with van der Waals surface area (Å²) in [6, 6.07) is 10.3. The first-order chi connectivity index (χ1) is 10.5. The van der Waals surface area contributed by atoms with E-state index in [-0.39, 0.29) is 11.3 Å². The molecule has 0 atom stereocenters. The second kappa shape index (κ2) is 6.71. The lowest BCUT2D eigenvalue weighted by molar-refractivity contribution is 0.0951. The number of aromatic hydroxyl groups is 1. The topological polar surface area (TPSA) is 70.9 Å². The van der Waals surface area contributed by atoms with Gasteiger partial charge >= 0.3 is 0 Å². The van der Waals surface area contributed by atoms with Crippen LogP contribution in [-0.4, -0.2) is 23.8 Å². The van der Waals surface area contributed by atoms with Gasteiger partial charge in [-0.15, -0.1) is 0 Å². The van der Waals surface area contributed by atoms with Crippen LogP contribution < -0.4 is 10.2 Å². The molecule has 0 aliphatic carbocycles. The van der Waals surface area contributed by atoms with Crippen LogP contribution in [0.4, 0.5) is 4.39 Å². The molecule has 0 saturated heterocycles. The minimum atomic E-state index is -0.636. The summed E-state index contributed by atoms with van der Waals surface area (Å²) in [5.74, 6) is -0.940. The molecule has 2 rings (SSSR count). The molecule has 0 saturated carbocycles. The van der Waals surface area contributed by atoms with Crippen molar-refractivity contribution in [3.05, 3.63) is 59.4 Å². The predicted octanol–water partition coefficient (Wildman–Crippen LogP) is 2.69. The molecule has 6 heteroatoms. The van der Waals surface area contributed by atoms with E-state index < -0.39 is 11.7 Å². The zero-order valence-electron chi connectivity index (χ0n) is 12.1. The van der Waals surface area contributed by atoms with Crippen LogP contribution >= 0.6 is 0 Å². The second-order valence-electron chi connectivity index (χ2n) is 4.50. The Morgan fingerprint density at radius 2 is 2.00 bits per heavy atom. The maximum Gasteiger partial charge on any atom is 0.274 e. The number of nitrogens with zero attached hydrogens (tertiary/aromatic N) is 1. The van der Waals surface area contributed by atoms with Crippen LogP contribution in [0, 0.1) is 5.82 Å². The summed E-state index contributed by atoms with van der Waals surface area (Å²) >= 11 is 0. The molecule has 0 bridgehead atoms. The molecule has 0 aliphatic rings. The number of phenols is 1. The average molecular weight is 302 g/mol. The zero-order chi connectivity index (χ0) is 16.1. The monoisotopic (exact) mass is 302 g/mol. The van der Waals surface area contributed by atoms with Crippen molar-refractivity contribution in [1.29, 1.82) is 0 Å². The minimum Gasteiger partial charge on any atom is -0.504 e. The molecule has 0 aromatic heterocycles. The third-order valence-corrected chi connectivity index (χ3v) is 3.04. The van der Waals surface area contributed by atoms with Gasteiger partial charge in [-0.25, -0.2) is 9.82 Å². The van der Waals surface area contributed by atoms with E-state index in [1.54, 1.807) is 25.1 Å². The van der Waals surface area contributed by atoms with E-state index in [0.717, 1.165) is 0 Å². The highest BCUT2D eigenvalue weighted by Gasteiger charge is 2.10. The lowest BCUT2D eigenvalue weighted by Gasteiger charge is -2.07. The third kappa shape index (κ3) is 3.41. The SMILES string of the molecule is COc1cc(C(C)=NNC(=O)c2ccccc2F)ccc1O. The van der Waals surface area contributed by atoms with Gasteiger partial charge in [0, 0.05) is 5.56 Å². The summed E-state index contributed by atoms with van der Waals surface area (Å²) in [4.78, 5) is 11.9. The number of hydrazone groups is 1. The van der Waals surface area contributed by atoms with Crippen molar-refractivity contribution in [2.24, 2.45) is 5.10 Å². The molecule has 1 amide bonds. The van der Waals surface area contributed by atoms with Crippen LogP contribution in [0.3, 0.4) is 0 Å². The average Bonchev–Trinajstić information content (AvgIpc) is 2.53. The molecule has 0 aliphatic heterocycles. The summed E-state index contributed by atoms with van der Waals surface area (Å²) in [6.45, 7) is 1.67. The van der Waals surface area contributed by atoms with Crippen molar-refractivity contribution < 1.29 is 19.0 Å². The van der Waals surface area contributed by atoms with Crippen molar-refractivity contribution >= 4 is 11.6 Å². The number of halogens is 1. The quantitative estimate of drug-likeness (QED) is 0.674. The van der Waals surface area contributed by atoms with E-state index >= 15 is 0 Å². The van der Waals surface area contributed by atoms with Crippen molar-refractivity contribution in [1.82, 2.24) is 5.43 Å². The highest BCUT2D eigenvalue weighted by molar-refractivity contribution is 6.01. The number of ether oxygens (including phenoxy) is 1. The Morgan fingerprint density at radius 3 is 2.68 bits per heavy atom. The summed E-state index contributed by atoms with van der Waals surface area (Å²) in [5, 5.41) is 13.5. The van der Waals surface area contributed by atoms with Gasteiger partial charge in [-0.05, 0) is 37.3 Å². The second-order valence-corrected chi connectivity index (χ2v) is 4.50. The van der Waals surface area contributed by atoms with Gasteiger partial charge in [-0.3, -0.25) is 4.79 Å². The fourth-order valence-electron chi connectivity index (χ4n) is 1.81. The van der Waals surface area contributed by atoms with E-state index in [2.05, 4.69) is 10.5 Å². The Hall–Kier alpha value is -2.89. The van der Waals surface area contributed by atoms with E-state index in [9.17, 15) is 14.3 Å². The van der Waals surface area contributed by atoms with Crippen molar-refractivity contribution in [2.45, 2.75) is 6.92 Å². The number of phenolic OH excluding ortho intramolecular Hbond substituents is 1. The van der Waals surface area contributed by atoms with E-state index in [4.69, 9.17) is 4.74 Å². The molecule has 0 fully saturated rings. The molecule has 2 N–H and O–H groups in total. The van der Waals surface area contributed by atoms with Crippen LogP contribution in [0.2, 0.25) is 0 Å². The molecule has 5 nitrogen and oxygen atoms in total. The van der Waals surface area contributed by atoms with Gasteiger partial charge in [0.15, 0.2) is 11.5 Å². The van der Waals surface area contributed by atoms with Gasteiger partial charge in [0.05, 0.1) is 18.4 Å². The Balaban J connectivity index is 2.16. The minimum absolute atomic E-state index is 0.00874. The molecular formula is C16H15FN2O3. The lowest BCUT2D eigenvalue weighted by atomic mass is 10.1. The van der Waals surface area contributed by atoms with Gasteiger partial charge in [0.1, 0.15) is 5.82 Å². The van der Waals surface area contributed by atoms with E-state index in [0.29, 0.717) is 17.0 Å². The Morgan fingerprint density at radius 1 is 1.27 bits per heavy atom. The van der Waals surface area contributed by atoms with Crippen molar-refractivity contribution in [3.8, 4) is 11.5 Å². The maximum atomic E-state index is 13.5. The van der Waals surface area contributed by atoms with E-state index in [1.807, 2.05) is 0 Å². The van der Waals surface area contributed by atoms with Crippen molar-refractivity contribution in [3.63, 3.8) is 0 Å². The number of amides is 1. The normalized spacial score (nSPS) is 11.1. The number of nitrogens with one attached hydrogen (secondary N) is 1. The first-order valence-electron chi connectivity index (χ1n) is 6.49. The van der Waals surface area contributed by atoms with Gasteiger partial charge in [-0.1, -0.05) is 12.1 Å². The first-order valence-corrected chi connectivity index (χ1v) is 6.49. The standard InChI is InChI=1S/C16H15FN2O3/c1-10(11-7-8-14(20)15(9-11)22-2)18-19-16(21)12-5-3-4-6-13(12)17/h3-9,20H,1-2H3,(H,19,21). The predicted molar refractivity (Wildman–Crippen MR) is 80.7 cm³/mol. The summed E-state index contributed by atoms with van der Waals surface area (Å²) < 4.78 is 18.5. The number of methoxy groups -OCH3 is 1. The van der Waals surface area contributed by atoms with Gasteiger partial charge in [0.25, 0.3) is 5.91 Å². The summed E-state index contributed by atoms with van der Waals surface area (Å²) in [7, 11) is 1.44. The molecule has 0 unspecified atom stereocenters. The molecule has 0 radical (unpaired) electrons. The molecule has 2 aromatic carbocycles. The van der Waals surface area contributed by atoms with Crippen LogP contribution in [0.15, 0.2) is 47.6 Å². The molecule has 22 heavy (non-hydrogen) atoms. The molecule has 2 aromatic rings. The number of carbonyl (C=O) groups is 1. The molecule has 114 valence electrons. The van der Waals surface area contributed by atoms with Gasteiger partial charge in [0.2, 0.25) is 0 Å². The smallest absolute Gasteiger partial charge is 0.274 e. The number of rotatable bonds is 4. The van der Waals surface area contributed by atoms with Gasteiger partial charge < -0.3 is 9.84 Å². The third-order valence-electron chi connectivity index (χ3n) is 3.04. The molecule has 0 heterocycles. The maximum absolute atomic E-state index is 13.5. The van der Waals surface area contributed by atoms with Crippen molar-refractivity contribution in [2.75, 3.05) is 7.11 Å². The zero-order valence-corrected chi connectivity index (χ0v) is 12.1. The summed E-state index contributed by atoms with van der Waals surface area (Å²) in [5.41, 5.74) is 3.36. The number of carbonyl (C=O) groups excluding carboxylic acids is 1. The Kier molecular flexibility index (Phi) is 4.73. The molecule has 0 spiro atoms. The Labute approximate surface area is 127 Å². The fourth-order valence-corrected chi connectivity index (χ4v) is 1.81. The van der Waals surface area contributed by atoms with Crippen LogP contribution in [0.1, 0.15) is 22.8 Å². The molecular weight excluding hydrogens is 287 g/mol. The highest BCUT2D eigenvalue weighted by atomic mass is 19.1. The number of hydrogen-bond acceptors (Lipinski definition) is 4. The first kappa shape index (κ1) is 15.5. The largest absolute Gasteiger partial charge is 0.504 e. The number of benzene rings is 2. The lowest BCUT2D eigenvalue weighted by Crippen LogP contribution is -2.20. The van der Waals surface area contributed by atoms with Crippen LogP contribution in [0.5, 0.6) is 11.5 Å². The van der Waals surface area contributed by atoms with Crippen LogP contribution in [-0.2, 0) is 0 Å². The highest BCUT2D eigenvalue weighted by Crippen LogP contribution is 2.26. The van der Waals surface area contributed by atoms with Crippen LogP contribution in [0.25, 0.3) is 0 Å².